The zero-order valence-electron chi connectivity index (χ0n) is 8.26. The Bertz CT molecular complexity index is 209. The molecule has 0 spiro atoms. The number of halogens is 2. The normalized spacial score (nSPS) is 21.8. The van der Waals surface area contributed by atoms with E-state index >= 15 is 0 Å². The van der Waals surface area contributed by atoms with Gasteiger partial charge >= 0.3 is 0 Å². The minimum Gasteiger partial charge on any atom is -0.373 e. The zero-order valence-corrected chi connectivity index (χ0v) is 8.26. The molecule has 1 rings (SSSR count). The Labute approximate surface area is 82.0 Å². The quantitative estimate of drug-likeness (QED) is 0.682. The molecule has 0 aromatic heterocycles. The maximum Gasteiger partial charge on any atom is 0.288 e. The van der Waals surface area contributed by atoms with Crippen molar-refractivity contribution in [3.8, 4) is 0 Å². The number of ether oxygens (including phenoxy) is 1. The number of carbonyl (C=O) groups is 1. The van der Waals surface area contributed by atoms with Crippen LogP contribution in [-0.2, 0) is 9.53 Å². The maximum absolute atomic E-state index is 13.0. The summed E-state index contributed by atoms with van der Waals surface area (Å²) in [4.78, 5) is 12.6. The van der Waals surface area contributed by atoms with E-state index in [1.165, 1.54) is 4.90 Å². The first-order chi connectivity index (χ1) is 6.55. The molecular formula is C9H15F2NO2. The van der Waals surface area contributed by atoms with E-state index in [2.05, 4.69) is 0 Å². The van der Waals surface area contributed by atoms with E-state index in [1.54, 1.807) is 0 Å². The van der Waals surface area contributed by atoms with Crippen molar-refractivity contribution in [2.45, 2.75) is 25.7 Å². The summed E-state index contributed by atoms with van der Waals surface area (Å²) in [7, 11) is 0. The lowest BCUT2D eigenvalue weighted by atomic mass is 10.2. The molecule has 1 aliphatic heterocycles. The molecule has 0 bridgehead atoms. The van der Waals surface area contributed by atoms with Crippen LogP contribution >= 0.6 is 0 Å². The highest BCUT2D eigenvalue weighted by Gasteiger charge is 2.35. The predicted octanol–water partition coefficient (Wildman–Crippen LogP) is 1.28. The molecule has 0 aromatic carbocycles. The van der Waals surface area contributed by atoms with E-state index in [0.29, 0.717) is 12.8 Å². The molecule has 0 saturated carbocycles. The molecule has 0 atom stereocenters. The van der Waals surface area contributed by atoms with Crippen molar-refractivity contribution in [2.75, 3.05) is 26.3 Å². The Morgan fingerprint density at radius 3 is 2.93 bits per heavy atom. The summed E-state index contributed by atoms with van der Waals surface area (Å²) in [6.45, 7) is 1.23. The summed E-state index contributed by atoms with van der Waals surface area (Å²) in [5, 5.41) is 0. The predicted molar refractivity (Wildman–Crippen MR) is 47.3 cm³/mol. The van der Waals surface area contributed by atoms with Crippen LogP contribution < -0.4 is 0 Å². The highest BCUT2D eigenvalue weighted by molar-refractivity contribution is 5.76. The van der Waals surface area contributed by atoms with Crippen LogP contribution in [0.3, 0.4) is 0 Å². The summed E-state index contributed by atoms with van der Waals surface area (Å²) < 4.78 is 30.7. The van der Waals surface area contributed by atoms with Crippen molar-refractivity contribution in [2.24, 2.45) is 0 Å². The number of nitrogens with zero attached hydrogens (tertiary/aromatic N) is 1. The van der Waals surface area contributed by atoms with Crippen LogP contribution in [0.5, 0.6) is 0 Å². The number of hydrogen-bond acceptors (Lipinski definition) is 2. The van der Waals surface area contributed by atoms with E-state index in [-0.39, 0.29) is 19.1 Å². The first-order valence-electron chi connectivity index (χ1n) is 4.78. The minimum absolute atomic E-state index is 0.199. The number of amides is 1. The topological polar surface area (TPSA) is 29.5 Å². The first kappa shape index (κ1) is 11.4. The van der Waals surface area contributed by atoms with Gasteiger partial charge in [0.1, 0.15) is 6.61 Å². The molecular weight excluding hydrogens is 192 g/mol. The van der Waals surface area contributed by atoms with Gasteiger partial charge in [-0.2, -0.15) is 0 Å². The van der Waals surface area contributed by atoms with Crippen molar-refractivity contribution in [1.82, 2.24) is 4.90 Å². The third-order valence-electron chi connectivity index (χ3n) is 2.06. The fourth-order valence-corrected chi connectivity index (χ4v) is 1.39. The number of alkyl halides is 2. The van der Waals surface area contributed by atoms with Gasteiger partial charge in [0.2, 0.25) is 5.91 Å². The monoisotopic (exact) mass is 207 g/mol. The maximum atomic E-state index is 13.0. The Balaban J connectivity index is 2.55. The van der Waals surface area contributed by atoms with Gasteiger partial charge in [-0.1, -0.05) is 6.92 Å². The molecule has 1 heterocycles. The highest BCUT2D eigenvalue weighted by atomic mass is 19.3. The Kier molecular flexibility index (Phi) is 3.80. The molecule has 1 fully saturated rings. The van der Waals surface area contributed by atoms with Crippen molar-refractivity contribution >= 4 is 5.91 Å². The summed E-state index contributed by atoms with van der Waals surface area (Å²) in [6, 6.07) is 0. The standard InChI is InChI=1S/C9H15F2NO2/c1-2-3-8(13)12-4-5-14-7-9(10,11)6-12/h2-7H2,1H3. The van der Waals surface area contributed by atoms with Crippen molar-refractivity contribution in [1.29, 1.82) is 0 Å². The molecule has 82 valence electrons. The van der Waals surface area contributed by atoms with Crippen LogP contribution in [0.25, 0.3) is 0 Å². The fourth-order valence-electron chi connectivity index (χ4n) is 1.39. The lowest BCUT2D eigenvalue weighted by Crippen LogP contribution is -2.40. The molecule has 1 saturated heterocycles. The van der Waals surface area contributed by atoms with E-state index in [4.69, 9.17) is 4.74 Å². The summed E-state index contributed by atoms with van der Waals surface area (Å²) >= 11 is 0. The van der Waals surface area contributed by atoms with Crippen molar-refractivity contribution < 1.29 is 18.3 Å². The van der Waals surface area contributed by atoms with Gasteiger partial charge in [0, 0.05) is 13.0 Å². The van der Waals surface area contributed by atoms with Gasteiger partial charge in [0.05, 0.1) is 13.2 Å². The van der Waals surface area contributed by atoms with Gasteiger partial charge in [0.15, 0.2) is 0 Å². The van der Waals surface area contributed by atoms with E-state index in [9.17, 15) is 13.6 Å². The highest BCUT2D eigenvalue weighted by Crippen LogP contribution is 2.19. The molecule has 0 unspecified atom stereocenters. The largest absolute Gasteiger partial charge is 0.373 e. The summed E-state index contributed by atoms with van der Waals surface area (Å²) in [5.74, 6) is -3.11. The van der Waals surface area contributed by atoms with Crippen LogP contribution in [0, 0.1) is 0 Å². The second-order valence-corrected chi connectivity index (χ2v) is 3.47. The van der Waals surface area contributed by atoms with Gasteiger partial charge in [0.25, 0.3) is 5.92 Å². The number of carbonyl (C=O) groups excluding carboxylic acids is 1. The Hall–Kier alpha value is -0.710. The number of hydrogen-bond donors (Lipinski definition) is 0. The molecule has 0 aliphatic carbocycles. The molecule has 14 heavy (non-hydrogen) atoms. The fraction of sp³-hybridized carbons (Fsp3) is 0.889. The molecule has 1 aliphatic rings. The van der Waals surface area contributed by atoms with Gasteiger partial charge < -0.3 is 9.64 Å². The van der Waals surface area contributed by atoms with Crippen LogP contribution in [0.15, 0.2) is 0 Å². The first-order valence-corrected chi connectivity index (χ1v) is 4.78. The van der Waals surface area contributed by atoms with Gasteiger partial charge in [-0.25, -0.2) is 8.78 Å². The van der Waals surface area contributed by atoms with Crippen LogP contribution in [0.4, 0.5) is 8.78 Å². The van der Waals surface area contributed by atoms with E-state index < -0.39 is 19.1 Å². The van der Waals surface area contributed by atoms with Gasteiger partial charge in [-0.3, -0.25) is 4.79 Å². The number of rotatable bonds is 2. The van der Waals surface area contributed by atoms with Crippen LogP contribution in [0.1, 0.15) is 19.8 Å². The summed E-state index contributed by atoms with van der Waals surface area (Å²) in [6.07, 6.45) is 1.01. The molecule has 0 N–H and O–H groups in total. The second kappa shape index (κ2) is 4.68. The smallest absolute Gasteiger partial charge is 0.288 e. The van der Waals surface area contributed by atoms with Crippen molar-refractivity contribution in [3.63, 3.8) is 0 Å². The molecule has 5 heteroatoms. The Morgan fingerprint density at radius 1 is 1.57 bits per heavy atom. The van der Waals surface area contributed by atoms with Crippen LogP contribution in [-0.4, -0.2) is 43.0 Å². The molecule has 3 nitrogen and oxygen atoms in total. The van der Waals surface area contributed by atoms with Crippen LogP contribution in [0.2, 0.25) is 0 Å². The lowest BCUT2D eigenvalue weighted by Gasteiger charge is -2.22. The van der Waals surface area contributed by atoms with E-state index in [1.807, 2.05) is 6.92 Å². The van der Waals surface area contributed by atoms with Gasteiger partial charge in [-0.15, -0.1) is 0 Å². The lowest BCUT2D eigenvalue weighted by molar-refractivity contribution is -0.135. The minimum atomic E-state index is -2.90. The third-order valence-corrected chi connectivity index (χ3v) is 2.06. The SMILES string of the molecule is CCCC(=O)N1CCOCC(F)(F)C1. The van der Waals surface area contributed by atoms with Gasteiger partial charge in [-0.05, 0) is 6.42 Å². The molecule has 1 amide bonds. The average molecular weight is 207 g/mol. The second-order valence-electron chi connectivity index (χ2n) is 3.47. The third kappa shape index (κ3) is 3.21. The zero-order chi connectivity index (χ0) is 10.6. The Morgan fingerprint density at radius 2 is 2.29 bits per heavy atom. The van der Waals surface area contributed by atoms with E-state index in [0.717, 1.165) is 0 Å². The molecule has 0 radical (unpaired) electrons. The van der Waals surface area contributed by atoms with Crippen molar-refractivity contribution in [3.05, 3.63) is 0 Å². The summed E-state index contributed by atoms with van der Waals surface area (Å²) in [5.41, 5.74) is 0. The average Bonchev–Trinajstić information content (AvgIpc) is 2.27. The molecule has 0 aromatic rings.